The molecule has 1 amide bonds. The molecule has 2 N–H and O–H groups in total. The zero-order valence-corrected chi connectivity index (χ0v) is 16.1. The highest BCUT2D eigenvalue weighted by atomic mass is 32.1. The Balaban J connectivity index is 1.31. The van der Waals surface area contributed by atoms with Gasteiger partial charge in [0.2, 0.25) is 17.0 Å². The van der Waals surface area contributed by atoms with Gasteiger partial charge in [-0.15, -0.1) is 0 Å². The Morgan fingerprint density at radius 2 is 1.93 bits per heavy atom. The zero-order chi connectivity index (χ0) is 18.8. The number of carbonyl (C=O) groups excluding carboxylic acids is 1. The summed E-state index contributed by atoms with van der Waals surface area (Å²) in [7, 11) is 0. The molecule has 1 aliphatic heterocycles. The average molecular weight is 383 g/mol. The third-order valence-electron chi connectivity index (χ3n) is 4.60. The molecule has 0 aromatic carbocycles. The number of anilines is 2. The van der Waals surface area contributed by atoms with Crippen LogP contribution >= 0.6 is 11.3 Å². The summed E-state index contributed by atoms with van der Waals surface area (Å²) in [4.78, 5) is 32.1. The van der Waals surface area contributed by atoms with E-state index in [9.17, 15) is 4.79 Å². The van der Waals surface area contributed by atoms with Crippen molar-refractivity contribution in [2.75, 3.05) is 23.4 Å². The molecule has 140 valence electrons. The van der Waals surface area contributed by atoms with Crippen molar-refractivity contribution < 1.29 is 4.79 Å². The van der Waals surface area contributed by atoms with Crippen molar-refractivity contribution in [3.8, 4) is 0 Å². The fourth-order valence-corrected chi connectivity index (χ4v) is 4.03. The summed E-state index contributed by atoms with van der Waals surface area (Å²) in [5.74, 6) is 0.719. The van der Waals surface area contributed by atoms with Gasteiger partial charge in [-0.05, 0) is 38.8 Å². The van der Waals surface area contributed by atoms with Crippen LogP contribution in [-0.2, 0) is 4.79 Å². The average Bonchev–Trinajstić information content (AvgIpc) is 3.08. The summed E-state index contributed by atoms with van der Waals surface area (Å²) in [6.45, 7) is 5.49. The van der Waals surface area contributed by atoms with Crippen LogP contribution in [0.3, 0.4) is 0 Å². The van der Waals surface area contributed by atoms with Gasteiger partial charge in [-0.1, -0.05) is 11.3 Å². The fraction of sp³-hybridized carbons (Fsp3) is 0.389. The Bertz CT molecular complexity index is 912. The zero-order valence-electron chi connectivity index (χ0n) is 15.3. The van der Waals surface area contributed by atoms with Gasteiger partial charge in [0.1, 0.15) is 5.52 Å². The Hall–Kier alpha value is -2.81. The van der Waals surface area contributed by atoms with E-state index in [1.54, 1.807) is 12.4 Å². The Morgan fingerprint density at radius 1 is 1.19 bits per heavy atom. The molecule has 27 heavy (non-hydrogen) atoms. The second-order valence-corrected chi connectivity index (χ2v) is 7.72. The SMILES string of the molecule is Cc1cc(C)nc(N2CCC(C(=O)NNc3nc4cnccc4s3)CC2)n1. The van der Waals surface area contributed by atoms with E-state index in [-0.39, 0.29) is 11.8 Å². The number of rotatable bonds is 4. The van der Waals surface area contributed by atoms with Gasteiger partial charge in [0, 0.05) is 36.6 Å². The molecule has 4 rings (SSSR count). The quantitative estimate of drug-likeness (QED) is 0.668. The van der Waals surface area contributed by atoms with Crippen LogP contribution in [0.2, 0.25) is 0 Å². The van der Waals surface area contributed by atoms with E-state index in [1.807, 2.05) is 26.0 Å². The van der Waals surface area contributed by atoms with Gasteiger partial charge in [-0.3, -0.25) is 20.6 Å². The van der Waals surface area contributed by atoms with Crippen LogP contribution < -0.4 is 15.8 Å². The van der Waals surface area contributed by atoms with E-state index in [1.165, 1.54) is 11.3 Å². The van der Waals surface area contributed by atoms with Crippen LogP contribution in [0.1, 0.15) is 24.2 Å². The number of amides is 1. The molecule has 0 unspecified atom stereocenters. The first-order valence-corrected chi connectivity index (χ1v) is 9.74. The maximum absolute atomic E-state index is 12.5. The second-order valence-electron chi connectivity index (χ2n) is 6.69. The number of hydrogen-bond donors (Lipinski definition) is 2. The number of hydrazine groups is 1. The molecule has 0 saturated carbocycles. The lowest BCUT2D eigenvalue weighted by atomic mass is 9.96. The fourth-order valence-electron chi connectivity index (χ4n) is 3.24. The van der Waals surface area contributed by atoms with Crippen LogP contribution in [0.5, 0.6) is 0 Å². The first-order chi connectivity index (χ1) is 13.1. The smallest absolute Gasteiger partial charge is 0.241 e. The molecular formula is C18H21N7OS. The van der Waals surface area contributed by atoms with E-state index in [0.717, 1.165) is 53.5 Å². The topological polar surface area (TPSA) is 95.9 Å². The molecule has 3 aromatic rings. The Kier molecular flexibility index (Phi) is 4.85. The highest BCUT2D eigenvalue weighted by molar-refractivity contribution is 7.22. The molecule has 9 heteroatoms. The first kappa shape index (κ1) is 17.6. The van der Waals surface area contributed by atoms with Crippen LogP contribution in [0.4, 0.5) is 11.1 Å². The number of aromatic nitrogens is 4. The van der Waals surface area contributed by atoms with Crippen molar-refractivity contribution in [2.45, 2.75) is 26.7 Å². The van der Waals surface area contributed by atoms with Gasteiger partial charge in [0.05, 0.1) is 10.9 Å². The number of pyridine rings is 1. The van der Waals surface area contributed by atoms with Gasteiger partial charge in [-0.2, -0.15) is 0 Å². The molecule has 0 aliphatic carbocycles. The number of carbonyl (C=O) groups is 1. The monoisotopic (exact) mass is 383 g/mol. The molecule has 1 saturated heterocycles. The Labute approximate surface area is 161 Å². The van der Waals surface area contributed by atoms with Gasteiger partial charge in [-0.25, -0.2) is 15.0 Å². The van der Waals surface area contributed by atoms with E-state index in [4.69, 9.17) is 0 Å². The van der Waals surface area contributed by atoms with E-state index in [2.05, 4.69) is 35.7 Å². The van der Waals surface area contributed by atoms with Crippen molar-refractivity contribution in [2.24, 2.45) is 5.92 Å². The molecule has 1 fully saturated rings. The molecule has 0 radical (unpaired) electrons. The standard InChI is InChI=1S/C18H21N7OS/c1-11-9-12(2)21-17(20-11)25-7-4-13(5-8-25)16(26)23-24-18-22-14-10-19-6-3-15(14)27-18/h3,6,9-10,13H,4-5,7-8H2,1-2H3,(H,22,24)(H,23,26). The summed E-state index contributed by atoms with van der Waals surface area (Å²) >= 11 is 1.48. The summed E-state index contributed by atoms with van der Waals surface area (Å²) in [6.07, 6.45) is 4.99. The summed E-state index contributed by atoms with van der Waals surface area (Å²) in [5, 5.41) is 0.660. The minimum atomic E-state index is -0.0318. The molecule has 1 aliphatic rings. The molecule has 0 bridgehead atoms. The molecule has 0 atom stereocenters. The third-order valence-corrected chi connectivity index (χ3v) is 5.55. The Morgan fingerprint density at radius 3 is 2.63 bits per heavy atom. The minimum absolute atomic E-state index is 0.00614. The minimum Gasteiger partial charge on any atom is -0.341 e. The van der Waals surface area contributed by atoms with E-state index in [0.29, 0.717) is 5.13 Å². The first-order valence-electron chi connectivity index (χ1n) is 8.92. The van der Waals surface area contributed by atoms with Gasteiger partial charge < -0.3 is 4.90 Å². The number of fused-ring (bicyclic) bond motifs is 1. The maximum atomic E-state index is 12.5. The number of nitrogens with one attached hydrogen (secondary N) is 2. The van der Waals surface area contributed by atoms with Gasteiger partial charge >= 0.3 is 0 Å². The normalized spacial score (nSPS) is 15.1. The van der Waals surface area contributed by atoms with E-state index >= 15 is 0 Å². The number of nitrogens with zero attached hydrogens (tertiary/aromatic N) is 5. The van der Waals surface area contributed by atoms with Crippen molar-refractivity contribution in [3.05, 3.63) is 35.9 Å². The van der Waals surface area contributed by atoms with Crippen LogP contribution in [-0.4, -0.2) is 38.9 Å². The van der Waals surface area contributed by atoms with E-state index < -0.39 is 0 Å². The predicted molar refractivity (Wildman–Crippen MR) is 106 cm³/mol. The number of piperidine rings is 1. The molecule has 4 heterocycles. The van der Waals surface area contributed by atoms with Crippen LogP contribution in [0, 0.1) is 19.8 Å². The summed E-state index contributed by atoms with van der Waals surface area (Å²) in [5.41, 5.74) is 8.47. The van der Waals surface area contributed by atoms with Gasteiger partial charge in [0.15, 0.2) is 0 Å². The highest BCUT2D eigenvalue weighted by Gasteiger charge is 2.26. The van der Waals surface area contributed by atoms with Crippen molar-refractivity contribution in [1.29, 1.82) is 0 Å². The van der Waals surface area contributed by atoms with Crippen molar-refractivity contribution >= 4 is 38.5 Å². The number of thiazole rings is 1. The summed E-state index contributed by atoms with van der Waals surface area (Å²) in [6, 6.07) is 3.87. The van der Waals surface area contributed by atoms with Crippen molar-refractivity contribution in [1.82, 2.24) is 25.4 Å². The predicted octanol–water partition coefficient (Wildman–Crippen LogP) is 2.46. The third kappa shape index (κ3) is 3.97. The van der Waals surface area contributed by atoms with Crippen molar-refractivity contribution in [3.63, 3.8) is 0 Å². The number of hydrogen-bond acceptors (Lipinski definition) is 8. The lowest BCUT2D eigenvalue weighted by molar-refractivity contribution is -0.125. The van der Waals surface area contributed by atoms with Gasteiger partial charge in [0.25, 0.3) is 0 Å². The maximum Gasteiger partial charge on any atom is 0.241 e. The lowest BCUT2D eigenvalue weighted by Gasteiger charge is -2.31. The second kappa shape index (κ2) is 7.43. The molecule has 3 aromatic heterocycles. The largest absolute Gasteiger partial charge is 0.341 e. The lowest BCUT2D eigenvalue weighted by Crippen LogP contribution is -2.42. The summed E-state index contributed by atoms with van der Waals surface area (Å²) < 4.78 is 1.03. The molecule has 0 spiro atoms. The van der Waals surface area contributed by atoms with Crippen LogP contribution in [0.25, 0.3) is 10.2 Å². The number of aryl methyl sites for hydroxylation is 2. The molecule has 8 nitrogen and oxygen atoms in total. The highest BCUT2D eigenvalue weighted by Crippen LogP contribution is 2.25. The van der Waals surface area contributed by atoms with Crippen LogP contribution in [0.15, 0.2) is 24.5 Å². The molecular weight excluding hydrogens is 362 g/mol.